The number of carbonyl (C=O) groups is 1. The second-order valence-electron chi connectivity index (χ2n) is 5.56. The summed E-state index contributed by atoms with van der Waals surface area (Å²) in [5.41, 5.74) is 1.59. The van der Waals surface area contributed by atoms with Crippen molar-refractivity contribution in [3.63, 3.8) is 0 Å². The van der Waals surface area contributed by atoms with Gasteiger partial charge in [-0.3, -0.25) is 14.9 Å². The highest BCUT2D eigenvalue weighted by Crippen LogP contribution is 2.29. The van der Waals surface area contributed by atoms with E-state index in [1.165, 1.54) is 18.2 Å². The zero-order valence-electron chi connectivity index (χ0n) is 14.5. The molecule has 1 N–H and O–H groups in total. The van der Waals surface area contributed by atoms with Gasteiger partial charge in [0.2, 0.25) is 0 Å². The van der Waals surface area contributed by atoms with E-state index < -0.39 is 4.92 Å². The summed E-state index contributed by atoms with van der Waals surface area (Å²) < 4.78 is 10.5. The minimum absolute atomic E-state index is 0.0126. The molecule has 0 radical (unpaired) electrons. The van der Waals surface area contributed by atoms with Crippen molar-refractivity contribution in [2.45, 2.75) is 19.9 Å². The van der Waals surface area contributed by atoms with Gasteiger partial charge in [-0.25, -0.2) is 0 Å². The molecule has 0 saturated heterocycles. The Bertz CT molecular complexity index is 804. The first-order chi connectivity index (χ1) is 11.9. The Hall–Kier alpha value is -3.09. The third-order valence-corrected chi connectivity index (χ3v) is 3.91. The number of nitro groups is 1. The molecule has 2 rings (SSSR count). The lowest BCUT2D eigenvalue weighted by Crippen LogP contribution is -2.27. The summed E-state index contributed by atoms with van der Waals surface area (Å²) in [4.78, 5) is 22.8. The van der Waals surface area contributed by atoms with E-state index in [1.54, 1.807) is 33.3 Å². The minimum Gasteiger partial charge on any atom is -0.497 e. The quantitative estimate of drug-likeness (QED) is 0.640. The zero-order valence-corrected chi connectivity index (χ0v) is 14.5. The summed E-state index contributed by atoms with van der Waals surface area (Å²) in [7, 11) is 3.11. The molecule has 2 aromatic carbocycles. The smallest absolute Gasteiger partial charge is 0.272 e. The number of benzene rings is 2. The largest absolute Gasteiger partial charge is 0.497 e. The number of amides is 1. The fraction of sp³-hybridized carbons (Fsp3) is 0.278. The average Bonchev–Trinajstić information content (AvgIpc) is 2.60. The SMILES string of the molecule is COc1ccc(C(C)NC(=O)c2ccc([N+](=O)[O-])c(C)c2)c(OC)c1. The maximum atomic E-state index is 12.4. The van der Waals surface area contributed by atoms with Gasteiger partial charge in [0.15, 0.2) is 0 Å². The first-order valence-electron chi connectivity index (χ1n) is 7.65. The molecule has 0 heterocycles. The Balaban J connectivity index is 2.20. The van der Waals surface area contributed by atoms with Gasteiger partial charge in [-0.1, -0.05) is 0 Å². The van der Waals surface area contributed by atoms with Crippen molar-refractivity contribution in [1.29, 1.82) is 0 Å². The maximum Gasteiger partial charge on any atom is 0.272 e. The van der Waals surface area contributed by atoms with Crippen LogP contribution >= 0.6 is 0 Å². The number of nitro benzene ring substituents is 1. The number of aryl methyl sites for hydroxylation is 1. The number of nitrogens with one attached hydrogen (secondary N) is 1. The molecule has 1 amide bonds. The lowest BCUT2D eigenvalue weighted by atomic mass is 10.1. The normalized spacial score (nSPS) is 11.5. The van der Waals surface area contributed by atoms with Crippen LogP contribution in [0.2, 0.25) is 0 Å². The van der Waals surface area contributed by atoms with Gasteiger partial charge >= 0.3 is 0 Å². The van der Waals surface area contributed by atoms with Crippen LogP contribution < -0.4 is 14.8 Å². The molecule has 0 bridgehead atoms. The Kier molecular flexibility index (Phi) is 5.59. The molecule has 7 heteroatoms. The highest BCUT2D eigenvalue weighted by molar-refractivity contribution is 5.95. The van der Waals surface area contributed by atoms with Gasteiger partial charge in [-0.05, 0) is 38.1 Å². The zero-order chi connectivity index (χ0) is 18.6. The van der Waals surface area contributed by atoms with Crippen LogP contribution in [0.25, 0.3) is 0 Å². The van der Waals surface area contributed by atoms with Crippen LogP contribution in [0.5, 0.6) is 11.5 Å². The number of methoxy groups -OCH3 is 2. The van der Waals surface area contributed by atoms with Crippen molar-refractivity contribution in [2.75, 3.05) is 14.2 Å². The number of rotatable bonds is 6. The molecule has 0 fully saturated rings. The summed E-state index contributed by atoms with van der Waals surface area (Å²) in [5, 5.41) is 13.7. The molecule has 0 aliphatic carbocycles. The topological polar surface area (TPSA) is 90.7 Å². The lowest BCUT2D eigenvalue weighted by Gasteiger charge is -2.18. The van der Waals surface area contributed by atoms with Gasteiger partial charge in [0.05, 0.1) is 25.2 Å². The monoisotopic (exact) mass is 344 g/mol. The van der Waals surface area contributed by atoms with E-state index >= 15 is 0 Å². The lowest BCUT2D eigenvalue weighted by molar-refractivity contribution is -0.385. The summed E-state index contributed by atoms with van der Waals surface area (Å²) in [6, 6.07) is 9.32. The van der Waals surface area contributed by atoms with Crippen molar-refractivity contribution in [3.05, 3.63) is 63.2 Å². The second kappa shape index (κ2) is 7.65. The van der Waals surface area contributed by atoms with Gasteiger partial charge in [-0.15, -0.1) is 0 Å². The fourth-order valence-electron chi connectivity index (χ4n) is 2.54. The number of hydrogen-bond donors (Lipinski definition) is 1. The van der Waals surface area contributed by atoms with Crippen LogP contribution in [0.15, 0.2) is 36.4 Å². The number of hydrogen-bond acceptors (Lipinski definition) is 5. The molecule has 0 spiro atoms. The Morgan fingerprint density at radius 1 is 1.16 bits per heavy atom. The van der Waals surface area contributed by atoms with E-state index in [0.717, 1.165) is 5.56 Å². The predicted octanol–water partition coefficient (Wildman–Crippen LogP) is 3.41. The van der Waals surface area contributed by atoms with E-state index in [-0.39, 0.29) is 17.6 Å². The number of carbonyl (C=O) groups excluding carboxylic acids is 1. The summed E-state index contributed by atoms with van der Waals surface area (Å²) >= 11 is 0. The molecule has 0 saturated carbocycles. The molecule has 0 aromatic heterocycles. The first kappa shape index (κ1) is 18.3. The fourth-order valence-corrected chi connectivity index (χ4v) is 2.54. The maximum absolute atomic E-state index is 12.4. The van der Waals surface area contributed by atoms with Gasteiger partial charge < -0.3 is 14.8 Å². The molecular weight excluding hydrogens is 324 g/mol. The average molecular weight is 344 g/mol. The Morgan fingerprint density at radius 3 is 2.44 bits per heavy atom. The van der Waals surface area contributed by atoms with Crippen LogP contribution in [0, 0.1) is 17.0 Å². The highest BCUT2D eigenvalue weighted by Gasteiger charge is 2.18. The standard InChI is InChI=1S/C18H20N2O5/c1-11-9-13(5-8-16(11)20(22)23)18(21)19-12(2)15-7-6-14(24-3)10-17(15)25-4/h5-10,12H,1-4H3,(H,19,21). The van der Waals surface area contributed by atoms with Gasteiger partial charge in [0.1, 0.15) is 11.5 Å². The van der Waals surface area contributed by atoms with Crippen LogP contribution in [-0.4, -0.2) is 25.1 Å². The van der Waals surface area contributed by atoms with E-state index in [2.05, 4.69) is 5.32 Å². The molecule has 2 aromatic rings. The third kappa shape index (κ3) is 4.06. The highest BCUT2D eigenvalue weighted by atomic mass is 16.6. The molecule has 1 atom stereocenters. The van der Waals surface area contributed by atoms with Crippen molar-refractivity contribution in [3.8, 4) is 11.5 Å². The Morgan fingerprint density at radius 2 is 1.88 bits per heavy atom. The van der Waals surface area contributed by atoms with E-state index in [9.17, 15) is 14.9 Å². The van der Waals surface area contributed by atoms with Crippen LogP contribution in [-0.2, 0) is 0 Å². The van der Waals surface area contributed by atoms with E-state index in [4.69, 9.17) is 9.47 Å². The van der Waals surface area contributed by atoms with E-state index in [0.29, 0.717) is 22.6 Å². The molecule has 1 unspecified atom stereocenters. The number of ether oxygens (including phenoxy) is 2. The van der Waals surface area contributed by atoms with Gasteiger partial charge in [-0.2, -0.15) is 0 Å². The van der Waals surface area contributed by atoms with Gasteiger partial charge in [0.25, 0.3) is 11.6 Å². The third-order valence-electron chi connectivity index (χ3n) is 3.91. The summed E-state index contributed by atoms with van der Waals surface area (Å²) in [6.07, 6.45) is 0. The molecule has 0 aliphatic rings. The summed E-state index contributed by atoms with van der Waals surface area (Å²) in [6.45, 7) is 3.44. The predicted molar refractivity (Wildman–Crippen MR) is 93.3 cm³/mol. The van der Waals surface area contributed by atoms with Crippen molar-refractivity contribution < 1.29 is 19.2 Å². The Labute approximate surface area is 145 Å². The van der Waals surface area contributed by atoms with Crippen LogP contribution in [0.3, 0.4) is 0 Å². The molecule has 132 valence electrons. The number of nitrogens with zero attached hydrogens (tertiary/aromatic N) is 1. The van der Waals surface area contributed by atoms with Crippen molar-refractivity contribution in [1.82, 2.24) is 5.32 Å². The van der Waals surface area contributed by atoms with E-state index in [1.807, 2.05) is 13.0 Å². The van der Waals surface area contributed by atoms with Crippen molar-refractivity contribution in [2.24, 2.45) is 0 Å². The molecule has 25 heavy (non-hydrogen) atoms. The minimum atomic E-state index is -0.470. The van der Waals surface area contributed by atoms with Gasteiger partial charge in [0, 0.05) is 28.8 Å². The van der Waals surface area contributed by atoms with Crippen LogP contribution in [0.1, 0.15) is 34.5 Å². The summed E-state index contributed by atoms with van der Waals surface area (Å²) in [5.74, 6) is 0.945. The second-order valence-corrected chi connectivity index (χ2v) is 5.56. The van der Waals surface area contributed by atoms with Crippen LogP contribution in [0.4, 0.5) is 5.69 Å². The van der Waals surface area contributed by atoms with Crippen molar-refractivity contribution >= 4 is 11.6 Å². The molecular formula is C18H20N2O5. The first-order valence-corrected chi connectivity index (χ1v) is 7.65. The molecule has 7 nitrogen and oxygen atoms in total. The molecule has 0 aliphatic heterocycles.